The summed E-state index contributed by atoms with van der Waals surface area (Å²) in [7, 11) is 0. The van der Waals surface area contributed by atoms with E-state index < -0.39 is 0 Å². The van der Waals surface area contributed by atoms with Crippen molar-refractivity contribution in [1.29, 1.82) is 0 Å². The maximum atomic E-state index is 3.88. The zero-order valence-electron chi connectivity index (χ0n) is 13.0. The molecule has 2 atom stereocenters. The second kappa shape index (κ2) is 5.73. The number of nitrogens with zero attached hydrogens (tertiary/aromatic N) is 1. The van der Waals surface area contributed by atoms with E-state index in [0.717, 1.165) is 18.0 Å². The maximum absolute atomic E-state index is 3.88. The van der Waals surface area contributed by atoms with Crippen LogP contribution in [0.5, 0.6) is 0 Å². The highest BCUT2D eigenvalue weighted by Crippen LogP contribution is 2.46. The zero-order valence-corrected chi connectivity index (χ0v) is 13.0. The summed E-state index contributed by atoms with van der Waals surface area (Å²) in [6.45, 7) is 8.75. The van der Waals surface area contributed by atoms with E-state index in [0.29, 0.717) is 5.41 Å². The predicted octanol–water partition coefficient (Wildman–Crippen LogP) is 3.42. The Hall–Kier alpha value is -0.0800. The van der Waals surface area contributed by atoms with Crippen LogP contribution in [-0.2, 0) is 0 Å². The Labute approximate surface area is 119 Å². The molecule has 1 N–H and O–H groups in total. The van der Waals surface area contributed by atoms with Crippen molar-refractivity contribution in [3.05, 3.63) is 0 Å². The molecule has 1 saturated heterocycles. The average molecular weight is 264 g/mol. The molecule has 2 nitrogen and oxygen atoms in total. The van der Waals surface area contributed by atoms with Gasteiger partial charge in [-0.05, 0) is 43.4 Å². The summed E-state index contributed by atoms with van der Waals surface area (Å²) in [4.78, 5) is 2.84. The van der Waals surface area contributed by atoms with Crippen molar-refractivity contribution >= 4 is 0 Å². The van der Waals surface area contributed by atoms with E-state index in [1.54, 1.807) is 0 Å². The van der Waals surface area contributed by atoms with Crippen molar-refractivity contribution in [1.82, 2.24) is 10.2 Å². The molecule has 0 aromatic carbocycles. The first kappa shape index (κ1) is 13.9. The number of rotatable bonds is 4. The molecule has 0 radical (unpaired) electrons. The van der Waals surface area contributed by atoms with Gasteiger partial charge in [0.2, 0.25) is 0 Å². The summed E-state index contributed by atoms with van der Waals surface area (Å²) in [5.41, 5.74) is 0.669. The van der Waals surface area contributed by atoms with Crippen LogP contribution in [0.25, 0.3) is 0 Å². The molecule has 2 heteroatoms. The summed E-state index contributed by atoms with van der Waals surface area (Å²) in [6, 6.07) is 1.57. The molecule has 2 unspecified atom stereocenters. The zero-order chi connectivity index (χ0) is 13.3. The quantitative estimate of drug-likeness (QED) is 0.837. The number of hydrogen-bond acceptors (Lipinski definition) is 2. The van der Waals surface area contributed by atoms with Gasteiger partial charge in [-0.15, -0.1) is 0 Å². The molecule has 2 saturated carbocycles. The van der Waals surface area contributed by atoms with Crippen LogP contribution < -0.4 is 5.32 Å². The lowest BCUT2D eigenvalue weighted by Gasteiger charge is -2.44. The highest BCUT2D eigenvalue weighted by Gasteiger charge is 2.42. The largest absolute Gasteiger partial charge is 0.311 e. The first-order chi connectivity index (χ1) is 9.20. The normalized spacial score (nSPS) is 36.3. The molecule has 3 aliphatic rings. The summed E-state index contributed by atoms with van der Waals surface area (Å²) in [6.07, 6.45) is 11.6. The number of nitrogens with one attached hydrogen (secondary N) is 1. The Bertz CT molecular complexity index is 292. The first-order valence-corrected chi connectivity index (χ1v) is 8.68. The third-order valence-corrected chi connectivity index (χ3v) is 5.94. The smallest absolute Gasteiger partial charge is 0.0224 e. The molecule has 0 spiro atoms. The van der Waals surface area contributed by atoms with Crippen molar-refractivity contribution in [2.75, 3.05) is 19.6 Å². The van der Waals surface area contributed by atoms with Gasteiger partial charge >= 0.3 is 0 Å². The Balaban J connectivity index is 1.59. The van der Waals surface area contributed by atoms with E-state index in [9.17, 15) is 0 Å². The Morgan fingerprint density at radius 1 is 1.16 bits per heavy atom. The van der Waals surface area contributed by atoms with Crippen LogP contribution in [-0.4, -0.2) is 36.6 Å². The van der Waals surface area contributed by atoms with Gasteiger partial charge in [0, 0.05) is 31.7 Å². The summed E-state index contributed by atoms with van der Waals surface area (Å²) in [5.74, 6) is 0.959. The third kappa shape index (κ3) is 3.33. The molecular formula is C17H32N2. The molecule has 2 aliphatic carbocycles. The minimum absolute atomic E-state index is 0.669. The molecule has 110 valence electrons. The summed E-state index contributed by atoms with van der Waals surface area (Å²) >= 11 is 0. The van der Waals surface area contributed by atoms with Crippen molar-refractivity contribution in [3.63, 3.8) is 0 Å². The lowest BCUT2D eigenvalue weighted by Crippen LogP contribution is -2.59. The van der Waals surface area contributed by atoms with E-state index in [1.165, 1.54) is 71.0 Å². The van der Waals surface area contributed by atoms with Gasteiger partial charge in [-0.1, -0.05) is 33.1 Å². The van der Waals surface area contributed by atoms with E-state index in [2.05, 4.69) is 24.1 Å². The van der Waals surface area contributed by atoms with Gasteiger partial charge in [0.1, 0.15) is 0 Å². The molecule has 1 aliphatic heterocycles. The minimum atomic E-state index is 0.669. The monoisotopic (exact) mass is 264 g/mol. The van der Waals surface area contributed by atoms with Gasteiger partial charge < -0.3 is 5.32 Å². The van der Waals surface area contributed by atoms with Gasteiger partial charge in [-0.3, -0.25) is 4.90 Å². The highest BCUT2D eigenvalue weighted by molar-refractivity contribution is 4.97. The standard InChI is InChI=1S/C17H32N2/c1-3-15-11-18-16(14-7-5-4-6-8-14)12-19(15)13-17(2)9-10-17/h14-16,18H,3-13H2,1-2H3. The van der Waals surface area contributed by atoms with Crippen LogP contribution in [0.1, 0.15) is 65.2 Å². The summed E-state index contributed by atoms with van der Waals surface area (Å²) in [5, 5.41) is 3.88. The van der Waals surface area contributed by atoms with Gasteiger partial charge in [-0.25, -0.2) is 0 Å². The fraction of sp³-hybridized carbons (Fsp3) is 1.00. The minimum Gasteiger partial charge on any atom is -0.311 e. The fourth-order valence-corrected chi connectivity index (χ4v) is 4.19. The maximum Gasteiger partial charge on any atom is 0.0224 e. The fourth-order valence-electron chi connectivity index (χ4n) is 4.19. The van der Waals surface area contributed by atoms with E-state index in [4.69, 9.17) is 0 Å². The van der Waals surface area contributed by atoms with Gasteiger partial charge in [-0.2, -0.15) is 0 Å². The van der Waals surface area contributed by atoms with Crippen molar-refractivity contribution in [2.24, 2.45) is 11.3 Å². The molecule has 0 aromatic rings. The van der Waals surface area contributed by atoms with Gasteiger partial charge in [0.25, 0.3) is 0 Å². The predicted molar refractivity (Wildman–Crippen MR) is 81.4 cm³/mol. The van der Waals surface area contributed by atoms with Crippen molar-refractivity contribution < 1.29 is 0 Å². The third-order valence-electron chi connectivity index (χ3n) is 5.94. The van der Waals surface area contributed by atoms with Crippen LogP contribution in [0.3, 0.4) is 0 Å². The Kier molecular flexibility index (Phi) is 4.19. The summed E-state index contributed by atoms with van der Waals surface area (Å²) < 4.78 is 0. The second-order valence-electron chi connectivity index (χ2n) is 7.72. The highest BCUT2D eigenvalue weighted by atomic mass is 15.2. The van der Waals surface area contributed by atoms with Crippen LogP contribution in [0.15, 0.2) is 0 Å². The molecular weight excluding hydrogens is 232 g/mol. The van der Waals surface area contributed by atoms with E-state index >= 15 is 0 Å². The average Bonchev–Trinajstić information content (AvgIpc) is 3.17. The number of piperazine rings is 1. The lowest BCUT2D eigenvalue weighted by molar-refractivity contribution is 0.0774. The van der Waals surface area contributed by atoms with Crippen molar-refractivity contribution in [3.8, 4) is 0 Å². The topological polar surface area (TPSA) is 15.3 Å². The molecule has 0 aromatic heterocycles. The lowest BCUT2D eigenvalue weighted by atomic mass is 9.82. The van der Waals surface area contributed by atoms with Crippen LogP contribution >= 0.6 is 0 Å². The van der Waals surface area contributed by atoms with Crippen molar-refractivity contribution in [2.45, 2.75) is 77.3 Å². The first-order valence-electron chi connectivity index (χ1n) is 8.68. The van der Waals surface area contributed by atoms with E-state index in [-0.39, 0.29) is 0 Å². The molecule has 0 amide bonds. The van der Waals surface area contributed by atoms with Crippen LogP contribution in [0.2, 0.25) is 0 Å². The Morgan fingerprint density at radius 3 is 2.53 bits per heavy atom. The van der Waals surface area contributed by atoms with E-state index in [1.807, 2.05) is 0 Å². The van der Waals surface area contributed by atoms with Gasteiger partial charge in [0.15, 0.2) is 0 Å². The molecule has 3 fully saturated rings. The van der Waals surface area contributed by atoms with Crippen LogP contribution in [0.4, 0.5) is 0 Å². The number of hydrogen-bond donors (Lipinski definition) is 1. The molecule has 0 bridgehead atoms. The Morgan fingerprint density at radius 2 is 1.89 bits per heavy atom. The SMILES string of the molecule is CCC1CNC(C2CCCCC2)CN1CC1(C)CC1. The van der Waals surface area contributed by atoms with Crippen LogP contribution in [0, 0.1) is 11.3 Å². The second-order valence-corrected chi connectivity index (χ2v) is 7.72. The van der Waals surface area contributed by atoms with Gasteiger partial charge in [0.05, 0.1) is 0 Å². The molecule has 1 heterocycles. The molecule has 3 rings (SSSR count). The molecule has 19 heavy (non-hydrogen) atoms.